The molecule has 0 bridgehead atoms. The van der Waals surface area contributed by atoms with Crippen molar-refractivity contribution in [3.8, 4) is 0 Å². The van der Waals surface area contributed by atoms with Crippen LogP contribution in [0.3, 0.4) is 0 Å². The lowest BCUT2D eigenvalue weighted by Crippen LogP contribution is -1.96. The minimum Gasteiger partial charge on any atom is -0.295 e. The fraction of sp³-hybridized carbons (Fsp3) is 0.333. The van der Waals surface area contributed by atoms with Gasteiger partial charge in [0.25, 0.3) is 0 Å². The van der Waals surface area contributed by atoms with Gasteiger partial charge < -0.3 is 0 Å². The lowest BCUT2D eigenvalue weighted by atomic mass is 10.1. The molecule has 0 saturated heterocycles. The molecular formula is C9H12O2. The summed E-state index contributed by atoms with van der Waals surface area (Å²) in [7, 11) is 0. The average molecular weight is 152 g/mol. The fourth-order valence-electron chi connectivity index (χ4n) is 0.659. The predicted molar refractivity (Wildman–Crippen MR) is 44.3 cm³/mol. The first-order valence-electron chi connectivity index (χ1n) is 3.43. The van der Waals surface area contributed by atoms with Gasteiger partial charge in [-0.05, 0) is 38.5 Å². The molecule has 0 rings (SSSR count). The van der Waals surface area contributed by atoms with Crippen LogP contribution in [0.1, 0.15) is 20.8 Å². The maximum atomic E-state index is 11.0. The summed E-state index contributed by atoms with van der Waals surface area (Å²) in [6, 6.07) is 0. The van der Waals surface area contributed by atoms with Gasteiger partial charge in [-0.1, -0.05) is 6.08 Å². The number of allylic oxidation sites excluding steroid dienone is 4. The zero-order valence-electron chi connectivity index (χ0n) is 7.05. The first kappa shape index (κ1) is 9.82. The van der Waals surface area contributed by atoms with Crippen molar-refractivity contribution in [1.82, 2.24) is 0 Å². The SMILES string of the molecule is C/C=C/C(=O)/C(C)=C\C(C)=O. The number of carbonyl (C=O) groups excluding carboxylic acids is 2. The van der Waals surface area contributed by atoms with Gasteiger partial charge in [-0.3, -0.25) is 9.59 Å². The largest absolute Gasteiger partial charge is 0.295 e. The van der Waals surface area contributed by atoms with Crippen molar-refractivity contribution < 1.29 is 9.59 Å². The van der Waals surface area contributed by atoms with Crippen LogP contribution >= 0.6 is 0 Å². The molecule has 11 heavy (non-hydrogen) atoms. The summed E-state index contributed by atoms with van der Waals surface area (Å²) >= 11 is 0. The van der Waals surface area contributed by atoms with Crippen molar-refractivity contribution >= 4 is 11.6 Å². The van der Waals surface area contributed by atoms with Crippen LogP contribution in [0.2, 0.25) is 0 Å². The fourth-order valence-corrected chi connectivity index (χ4v) is 0.659. The van der Waals surface area contributed by atoms with Gasteiger partial charge in [0.2, 0.25) is 0 Å². The lowest BCUT2D eigenvalue weighted by molar-refractivity contribution is -0.114. The third kappa shape index (κ3) is 4.25. The monoisotopic (exact) mass is 152 g/mol. The smallest absolute Gasteiger partial charge is 0.181 e. The van der Waals surface area contributed by atoms with E-state index in [0.29, 0.717) is 5.57 Å². The molecule has 0 aromatic carbocycles. The van der Waals surface area contributed by atoms with Gasteiger partial charge in [-0.25, -0.2) is 0 Å². The molecule has 0 saturated carbocycles. The minimum absolute atomic E-state index is 0.0969. The Bertz CT molecular complexity index is 222. The normalized spacial score (nSPS) is 12.1. The van der Waals surface area contributed by atoms with Crippen molar-refractivity contribution in [2.75, 3.05) is 0 Å². The first-order valence-corrected chi connectivity index (χ1v) is 3.43. The lowest BCUT2D eigenvalue weighted by Gasteiger charge is -1.90. The van der Waals surface area contributed by atoms with Crippen molar-refractivity contribution in [1.29, 1.82) is 0 Å². The van der Waals surface area contributed by atoms with Crippen molar-refractivity contribution in [3.63, 3.8) is 0 Å². The molecule has 0 aliphatic carbocycles. The Morgan fingerprint density at radius 1 is 1.18 bits per heavy atom. The molecule has 0 fully saturated rings. The summed E-state index contributed by atoms with van der Waals surface area (Å²) in [5.41, 5.74) is 0.482. The molecule has 0 radical (unpaired) electrons. The highest BCUT2D eigenvalue weighted by Crippen LogP contribution is 1.96. The third-order valence-corrected chi connectivity index (χ3v) is 1.13. The molecule has 0 heterocycles. The summed E-state index contributed by atoms with van der Waals surface area (Å²) < 4.78 is 0. The van der Waals surface area contributed by atoms with E-state index < -0.39 is 0 Å². The second-order valence-corrected chi connectivity index (χ2v) is 2.30. The summed E-state index contributed by atoms with van der Waals surface area (Å²) in [5, 5.41) is 0. The zero-order valence-corrected chi connectivity index (χ0v) is 7.05. The molecule has 2 nitrogen and oxygen atoms in total. The molecule has 0 spiro atoms. The molecule has 0 atom stereocenters. The Kier molecular flexibility index (Phi) is 4.11. The number of ketones is 2. The van der Waals surface area contributed by atoms with Crippen molar-refractivity contribution in [2.45, 2.75) is 20.8 Å². The number of hydrogen-bond acceptors (Lipinski definition) is 2. The summed E-state index contributed by atoms with van der Waals surface area (Å²) in [6.45, 7) is 4.81. The molecule has 0 unspecified atom stereocenters. The number of carbonyl (C=O) groups is 2. The molecule has 0 aromatic heterocycles. The number of hydrogen-bond donors (Lipinski definition) is 0. The van der Waals surface area contributed by atoms with E-state index in [1.54, 1.807) is 19.9 Å². The van der Waals surface area contributed by atoms with Crippen LogP contribution in [0, 0.1) is 0 Å². The summed E-state index contributed by atoms with van der Waals surface area (Å²) in [5.74, 6) is -0.206. The molecular weight excluding hydrogens is 140 g/mol. The van der Waals surface area contributed by atoms with E-state index in [-0.39, 0.29) is 11.6 Å². The second-order valence-electron chi connectivity index (χ2n) is 2.30. The Balaban J connectivity index is 4.36. The topological polar surface area (TPSA) is 34.1 Å². The van der Waals surface area contributed by atoms with Gasteiger partial charge in [-0.2, -0.15) is 0 Å². The first-order chi connectivity index (χ1) is 5.07. The Morgan fingerprint density at radius 2 is 1.73 bits per heavy atom. The molecule has 0 aromatic rings. The minimum atomic E-state index is -0.109. The van der Waals surface area contributed by atoms with Crippen LogP contribution in [0.4, 0.5) is 0 Å². The standard InChI is InChI=1S/C9H12O2/c1-4-5-9(11)7(2)6-8(3)10/h4-6H,1-3H3/b5-4+,7-6-. The van der Waals surface area contributed by atoms with E-state index in [9.17, 15) is 9.59 Å². The number of rotatable bonds is 3. The highest BCUT2D eigenvalue weighted by molar-refractivity contribution is 6.07. The second kappa shape index (κ2) is 4.61. The molecule has 0 amide bonds. The average Bonchev–Trinajstić information content (AvgIpc) is 1.86. The van der Waals surface area contributed by atoms with Gasteiger partial charge in [0.15, 0.2) is 11.6 Å². The highest BCUT2D eigenvalue weighted by Gasteiger charge is 1.98. The highest BCUT2D eigenvalue weighted by atomic mass is 16.1. The quantitative estimate of drug-likeness (QED) is 0.576. The van der Waals surface area contributed by atoms with Gasteiger partial charge >= 0.3 is 0 Å². The van der Waals surface area contributed by atoms with E-state index in [2.05, 4.69) is 0 Å². The van der Waals surface area contributed by atoms with E-state index in [0.717, 1.165) is 0 Å². The maximum absolute atomic E-state index is 11.0. The van der Waals surface area contributed by atoms with Crippen LogP contribution in [0.25, 0.3) is 0 Å². The molecule has 2 heteroatoms. The van der Waals surface area contributed by atoms with E-state index >= 15 is 0 Å². The van der Waals surface area contributed by atoms with E-state index in [4.69, 9.17) is 0 Å². The molecule has 0 aliphatic heterocycles. The van der Waals surface area contributed by atoms with Crippen LogP contribution in [-0.4, -0.2) is 11.6 Å². The van der Waals surface area contributed by atoms with Crippen LogP contribution in [0.15, 0.2) is 23.8 Å². The Hall–Kier alpha value is -1.18. The van der Waals surface area contributed by atoms with Gasteiger partial charge in [-0.15, -0.1) is 0 Å². The van der Waals surface area contributed by atoms with E-state index in [1.807, 2.05) is 0 Å². The summed E-state index contributed by atoms with van der Waals surface area (Å²) in [6.07, 6.45) is 4.43. The van der Waals surface area contributed by atoms with Gasteiger partial charge in [0.1, 0.15) is 0 Å². The van der Waals surface area contributed by atoms with Gasteiger partial charge in [0, 0.05) is 0 Å². The maximum Gasteiger partial charge on any atom is 0.181 e. The summed E-state index contributed by atoms with van der Waals surface area (Å²) in [4.78, 5) is 21.5. The van der Waals surface area contributed by atoms with E-state index in [1.165, 1.54) is 19.1 Å². The molecule has 0 N–H and O–H groups in total. The Labute approximate surface area is 66.6 Å². The van der Waals surface area contributed by atoms with Crippen LogP contribution in [-0.2, 0) is 9.59 Å². The van der Waals surface area contributed by atoms with Crippen LogP contribution < -0.4 is 0 Å². The van der Waals surface area contributed by atoms with Gasteiger partial charge in [0.05, 0.1) is 0 Å². The van der Waals surface area contributed by atoms with Crippen LogP contribution in [0.5, 0.6) is 0 Å². The van der Waals surface area contributed by atoms with Crippen molar-refractivity contribution in [2.24, 2.45) is 0 Å². The Morgan fingerprint density at radius 3 is 2.09 bits per heavy atom. The van der Waals surface area contributed by atoms with Crippen molar-refractivity contribution in [3.05, 3.63) is 23.8 Å². The zero-order chi connectivity index (χ0) is 8.85. The third-order valence-electron chi connectivity index (χ3n) is 1.13. The molecule has 60 valence electrons. The predicted octanol–water partition coefficient (Wildman–Crippen LogP) is 1.67. The molecule has 0 aliphatic rings.